The Morgan fingerprint density at radius 1 is 1.35 bits per heavy atom. The first kappa shape index (κ1) is 21.6. The maximum atomic E-state index is 13.4. The van der Waals surface area contributed by atoms with Crippen molar-refractivity contribution in [2.75, 3.05) is 24.7 Å². The van der Waals surface area contributed by atoms with Crippen molar-refractivity contribution in [2.45, 2.75) is 50.7 Å². The molecular formula is C21H27N3O6S. The van der Waals surface area contributed by atoms with Crippen molar-refractivity contribution in [1.29, 1.82) is 0 Å². The molecule has 0 saturated carbocycles. The second kappa shape index (κ2) is 7.81. The van der Waals surface area contributed by atoms with E-state index in [1.165, 1.54) is 0 Å². The molecule has 0 radical (unpaired) electrons. The zero-order valence-corrected chi connectivity index (χ0v) is 18.5. The number of fused-ring (bicyclic) bond motifs is 2. The molecule has 3 aliphatic rings. The lowest BCUT2D eigenvalue weighted by atomic mass is 9.84. The minimum Gasteiger partial charge on any atom is -0.493 e. The summed E-state index contributed by atoms with van der Waals surface area (Å²) in [6, 6.07) is 5.78. The van der Waals surface area contributed by atoms with E-state index in [4.69, 9.17) is 4.74 Å². The average Bonchev–Trinajstić information content (AvgIpc) is 3.20. The van der Waals surface area contributed by atoms with Gasteiger partial charge in [-0.2, -0.15) is 0 Å². The zero-order valence-electron chi connectivity index (χ0n) is 17.7. The van der Waals surface area contributed by atoms with Gasteiger partial charge in [-0.05, 0) is 25.8 Å². The number of carbonyl (C=O) groups is 3. The highest BCUT2D eigenvalue weighted by Crippen LogP contribution is 2.41. The monoisotopic (exact) mass is 449 g/mol. The smallest absolute Gasteiger partial charge is 0.325 e. The van der Waals surface area contributed by atoms with E-state index in [1.807, 2.05) is 13.8 Å². The molecule has 2 saturated heterocycles. The van der Waals surface area contributed by atoms with Crippen LogP contribution >= 0.6 is 0 Å². The van der Waals surface area contributed by atoms with Gasteiger partial charge in [0.05, 0.1) is 18.1 Å². The molecule has 1 aromatic carbocycles. The Kier molecular flexibility index (Phi) is 5.45. The van der Waals surface area contributed by atoms with Crippen molar-refractivity contribution in [3.8, 4) is 5.75 Å². The van der Waals surface area contributed by atoms with Crippen LogP contribution in [0.1, 0.15) is 38.7 Å². The molecule has 1 aromatic rings. The lowest BCUT2D eigenvalue weighted by Crippen LogP contribution is -2.52. The Bertz CT molecular complexity index is 1030. The van der Waals surface area contributed by atoms with E-state index in [0.29, 0.717) is 24.2 Å². The van der Waals surface area contributed by atoms with Crippen LogP contribution in [-0.2, 0) is 25.0 Å². The number of hydrogen-bond acceptors (Lipinski definition) is 6. The third-order valence-corrected chi connectivity index (χ3v) is 8.26. The third-order valence-electron chi connectivity index (χ3n) is 6.51. The van der Waals surface area contributed by atoms with Crippen LogP contribution in [0.3, 0.4) is 0 Å². The summed E-state index contributed by atoms with van der Waals surface area (Å²) in [6.45, 7) is 3.61. The SMILES string of the molecule is CC[C@H](C)N(C(=O)CN1C(=O)N[C@]2(CCOc3ccccc32)C1=O)[C@@H]1CCS(=O)(=O)C1. The van der Waals surface area contributed by atoms with Gasteiger partial charge >= 0.3 is 6.03 Å². The molecular weight excluding hydrogens is 422 g/mol. The van der Waals surface area contributed by atoms with Crippen LogP contribution in [0.2, 0.25) is 0 Å². The maximum Gasteiger partial charge on any atom is 0.325 e. The van der Waals surface area contributed by atoms with Gasteiger partial charge in [-0.25, -0.2) is 13.2 Å². The van der Waals surface area contributed by atoms with Gasteiger partial charge in [0.2, 0.25) is 5.91 Å². The topological polar surface area (TPSA) is 113 Å². The van der Waals surface area contributed by atoms with Crippen LogP contribution in [0.4, 0.5) is 4.79 Å². The fourth-order valence-corrected chi connectivity index (χ4v) is 6.44. The Morgan fingerprint density at radius 2 is 2.10 bits per heavy atom. The summed E-state index contributed by atoms with van der Waals surface area (Å²) in [5, 5.41) is 2.79. The summed E-state index contributed by atoms with van der Waals surface area (Å²) >= 11 is 0. The molecule has 31 heavy (non-hydrogen) atoms. The number of para-hydroxylation sites is 1. The highest BCUT2D eigenvalue weighted by molar-refractivity contribution is 7.91. The quantitative estimate of drug-likeness (QED) is 0.672. The van der Waals surface area contributed by atoms with E-state index in [0.717, 1.165) is 4.90 Å². The number of benzene rings is 1. The number of carbonyl (C=O) groups excluding carboxylic acids is 3. The summed E-state index contributed by atoms with van der Waals surface area (Å²) in [6.07, 6.45) is 1.28. The molecule has 3 atom stereocenters. The number of ether oxygens (including phenoxy) is 1. The number of amides is 4. The minimum absolute atomic E-state index is 0.0426. The predicted molar refractivity (Wildman–Crippen MR) is 112 cm³/mol. The molecule has 0 aromatic heterocycles. The Hall–Kier alpha value is -2.62. The maximum absolute atomic E-state index is 13.4. The summed E-state index contributed by atoms with van der Waals surface area (Å²) < 4.78 is 29.6. The summed E-state index contributed by atoms with van der Waals surface area (Å²) in [4.78, 5) is 41.9. The Morgan fingerprint density at radius 3 is 2.77 bits per heavy atom. The van der Waals surface area contributed by atoms with E-state index in [-0.39, 0.29) is 30.6 Å². The normalized spacial score (nSPS) is 27.5. The lowest BCUT2D eigenvalue weighted by molar-refractivity contribution is -0.142. The van der Waals surface area contributed by atoms with Crippen LogP contribution in [-0.4, -0.2) is 72.8 Å². The van der Waals surface area contributed by atoms with Crippen molar-refractivity contribution in [2.24, 2.45) is 0 Å². The van der Waals surface area contributed by atoms with Crippen molar-refractivity contribution in [1.82, 2.24) is 15.1 Å². The molecule has 0 bridgehead atoms. The van der Waals surface area contributed by atoms with Gasteiger partial charge in [-0.15, -0.1) is 0 Å². The fraction of sp³-hybridized carbons (Fsp3) is 0.571. The van der Waals surface area contributed by atoms with E-state index >= 15 is 0 Å². The molecule has 2 fully saturated rings. The molecule has 1 N–H and O–H groups in total. The first-order valence-corrected chi connectivity index (χ1v) is 12.4. The van der Waals surface area contributed by atoms with Crippen molar-refractivity contribution in [3.63, 3.8) is 0 Å². The molecule has 9 nitrogen and oxygen atoms in total. The number of imide groups is 1. The van der Waals surface area contributed by atoms with Crippen molar-refractivity contribution in [3.05, 3.63) is 29.8 Å². The molecule has 0 unspecified atom stereocenters. The molecule has 1 spiro atoms. The number of nitrogens with one attached hydrogen (secondary N) is 1. The van der Waals surface area contributed by atoms with Crippen LogP contribution in [0.25, 0.3) is 0 Å². The summed E-state index contributed by atoms with van der Waals surface area (Å²) in [7, 11) is -3.19. The molecule has 3 aliphatic heterocycles. The average molecular weight is 450 g/mol. The van der Waals surface area contributed by atoms with Crippen LogP contribution in [0.15, 0.2) is 24.3 Å². The molecule has 4 rings (SSSR count). The molecule has 0 aliphatic carbocycles. The standard InChI is InChI=1S/C21H27N3O6S/c1-3-14(2)24(15-8-11-31(28,29)13-15)18(25)12-23-19(26)21(22-20(23)27)9-10-30-17-7-5-4-6-16(17)21/h4-7,14-15H,3,8-13H2,1-2H3,(H,22,27)/t14-,15+,21-/m0/s1. The van der Waals surface area contributed by atoms with Gasteiger partial charge in [0.1, 0.15) is 12.3 Å². The van der Waals surface area contributed by atoms with Crippen molar-refractivity contribution >= 4 is 27.7 Å². The van der Waals surface area contributed by atoms with E-state index in [2.05, 4.69) is 5.32 Å². The van der Waals surface area contributed by atoms with Gasteiger partial charge in [-0.1, -0.05) is 25.1 Å². The first-order valence-electron chi connectivity index (χ1n) is 10.6. The van der Waals surface area contributed by atoms with E-state index < -0.39 is 45.8 Å². The highest BCUT2D eigenvalue weighted by Gasteiger charge is 2.55. The minimum atomic E-state index is -3.19. The second-order valence-corrected chi connectivity index (χ2v) is 10.7. The number of hydrogen-bond donors (Lipinski definition) is 1. The van der Waals surface area contributed by atoms with E-state index in [9.17, 15) is 22.8 Å². The van der Waals surface area contributed by atoms with Crippen LogP contribution < -0.4 is 10.1 Å². The second-order valence-electron chi connectivity index (χ2n) is 8.44. The molecule has 10 heteroatoms. The van der Waals surface area contributed by atoms with Gasteiger partial charge in [0, 0.05) is 24.1 Å². The highest BCUT2D eigenvalue weighted by atomic mass is 32.2. The lowest BCUT2D eigenvalue weighted by Gasteiger charge is -2.35. The van der Waals surface area contributed by atoms with Gasteiger partial charge in [0.15, 0.2) is 15.4 Å². The first-order chi connectivity index (χ1) is 14.7. The van der Waals surface area contributed by atoms with Gasteiger partial charge in [0.25, 0.3) is 5.91 Å². The fourth-order valence-electron chi connectivity index (χ4n) is 4.73. The number of sulfone groups is 1. The van der Waals surface area contributed by atoms with Gasteiger partial charge in [-0.3, -0.25) is 14.5 Å². The summed E-state index contributed by atoms with van der Waals surface area (Å²) in [5.74, 6) is -0.409. The number of urea groups is 1. The van der Waals surface area contributed by atoms with E-state index in [1.54, 1.807) is 29.2 Å². The Balaban J connectivity index is 1.58. The van der Waals surface area contributed by atoms with Gasteiger partial charge < -0.3 is 15.0 Å². The number of nitrogens with zero attached hydrogens (tertiary/aromatic N) is 2. The van der Waals surface area contributed by atoms with Crippen molar-refractivity contribution < 1.29 is 27.5 Å². The zero-order chi connectivity index (χ0) is 22.4. The molecule has 4 amide bonds. The summed E-state index contributed by atoms with van der Waals surface area (Å²) in [5.41, 5.74) is -0.667. The predicted octanol–water partition coefficient (Wildman–Crippen LogP) is 1.03. The Labute approximate surface area is 181 Å². The van der Waals surface area contributed by atoms with Crippen LogP contribution in [0, 0.1) is 0 Å². The molecule has 3 heterocycles. The number of rotatable bonds is 5. The molecule has 168 valence electrons. The van der Waals surface area contributed by atoms with Crippen LogP contribution in [0.5, 0.6) is 5.75 Å². The largest absolute Gasteiger partial charge is 0.493 e. The third kappa shape index (κ3) is 3.66.